The van der Waals surface area contributed by atoms with Gasteiger partial charge in [0.15, 0.2) is 0 Å². The van der Waals surface area contributed by atoms with E-state index in [0.717, 1.165) is 31.5 Å². The quantitative estimate of drug-likeness (QED) is 0.177. The van der Waals surface area contributed by atoms with Gasteiger partial charge >= 0.3 is 5.97 Å². The lowest BCUT2D eigenvalue weighted by atomic mass is 10.1. The number of esters is 1. The van der Waals surface area contributed by atoms with Crippen molar-refractivity contribution < 1.29 is 31.3 Å². The van der Waals surface area contributed by atoms with Gasteiger partial charge in [0.05, 0.1) is 20.3 Å². The smallest absolute Gasteiger partial charge is 0.318 e. The highest BCUT2D eigenvalue weighted by molar-refractivity contribution is 7.80. The Morgan fingerprint density at radius 1 is 1.07 bits per heavy atom. The molecule has 0 aromatic carbocycles. The number of imidazole rings is 1. The Labute approximate surface area is 163 Å². The van der Waals surface area contributed by atoms with E-state index in [1.54, 1.807) is 6.20 Å². The van der Waals surface area contributed by atoms with Crippen LogP contribution in [0.1, 0.15) is 71.0 Å². The Bertz CT molecular complexity index is 601. The lowest BCUT2D eigenvalue weighted by molar-refractivity contribution is -0.677. The maximum atomic E-state index is 11.3. The van der Waals surface area contributed by atoms with Crippen LogP contribution in [0.3, 0.4) is 0 Å². The summed E-state index contributed by atoms with van der Waals surface area (Å²) >= 11 is 0. The minimum Gasteiger partial charge on any atom is -0.726 e. The Kier molecular flexibility index (Phi) is 14.8. The van der Waals surface area contributed by atoms with Crippen molar-refractivity contribution in [2.75, 3.05) is 13.2 Å². The molecule has 0 unspecified atom stereocenters. The molecule has 0 saturated heterocycles. The van der Waals surface area contributed by atoms with Gasteiger partial charge in [-0.3, -0.25) is 8.98 Å². The van der Waals surface area contributed by atoms with E-state index < -0.39 is 10.4 Å². The van der Waals surface area contributed by atoms with E-state index in [2.05, 4.69) is 23.0 Å². The number of aromatic nitrogens is 2. The standard InChI is InChI=1S/C10H16N2O2.C8H18O4S/c1-3-4-7-14-10(13)8-9-11-5-6-12(9)2;1-2-3-4-5-6-7-8-12-13(9,10)11/h5-6H,3-4,7-8H2,1-2H3;2-8H2,1H3,(H,9,10,11). The van der Waals surface area contributed by atoms with E-state index in [1.165, 1.54) is 19.3 Å². The van der Waals surface area contributed by atoms with Gasteiger partial charge in [-0.2, -0.15) is 0 Å². The SMILES string of the molecule is CCCCCCCCOS(=O)(=O)[O-].CCCCOC(=O)Cc1[nH]cc[n+]1C. The van der Waals surface area contributed by atoms with Crippen molar-refractivity contribution in [1.82, 2.24) is 4.98 Å². The molecule has 0 spiro atoms. The number of ether oxygens (including phenoxy) is 1. The maximum absolute atomic E-state index is 11.3. The van der Waals surface area contributed by atoms with Crippen molar-refractivity contribution in [3.63, 3.8) is 0 Å². The molecular formula is C18H34N2O6S. The van der Waals surface area contributed by atoms with Crippen molar-refractivity contribution in [2.24, 2.45) is 7.05 Å². The Balaban J connectivity index is 0.000000503. The van der Waals surface area contributed by atoms with Crippen LogP contribution < -0.4 is 4.57 Å². The molecule has 1 N–H and O–H groups in total. The van der Waals surface area contributed by atoms with Gasteiger partial charge in [0.1, 0.15) is 18.8 Å². The first kappa shape index (κ1) is 25.6. The van der Waals surface area contributed by atoms with Crippen LogP contribution in [-0.2, 0) is 37.6 Å². The number of nitrogens with one attached hydrogen (secondary N) is 1. The van der Waals surface area contributed by atoms with Crippen LogP contribution in [0.2, 0.25) is 0 Å². The molecule has 0 aliphatic heterocycles. The second-order valence-electron chi connectivity index (χ2n) is 6.27. The minimum atomic E-state index is -4.47. The van der Waals surface area contributed by atoms with Crippen molar-refractivity contribution in [2.45, 2.75) is 71.6 Å². The highest BCUT2D eigenvalue weighted by Gasteiger charge is 2.13. The van der Waals surface area contributed by atoms with Crippen LogP contribution in [-0.4, -0.2) is 37.1 Å². The summed E-state index contributed by atoms with van der Waals surface area (Å²) in [6.07, 6.45) is 12.2. The number of carbonyl (C=O) groups is 1. The summed E-state index contributed by atoms with van der Waals surface area (Å²) < 4.78 is 40.9. The van der Waals surface area contributed by atoms with Crippen LogP contribution in [0.25, 0.3) is 0 Å². The van der Waals surface area contributed by atoms with Crippen LogP contribution in [0.4, 0.5) is 0 Å². The highest BCUT2D eigenvalue weighted by Crippen LogP contribution is 2.05. The minimum absolute atomic E-state index is 0.0258. The molecule has 1 aromatic heterocycles. The number of aromatic amines is 1. The summed E-state index contributed by atoms with van der Waals surface area (Å²) in [7, 11) is -2.58. The molecule has 0 bridgehead atoms. The van der Waals surface area contributed by atoms with Crippen LogP contribution in [0, 0.1) is 0 Å². The third-order valence-electron chi connectivity index (χ3n) is 3.77. The highest BCUT2D eigenvalue weighted by atomic mass is 32.3. The van der Waals surface area contributed by atoms with Gasteiger partial charge in [-0.25, -0.2) is 18.0 Å². The number of hydrogen-bond acceptors (Lipinski definition) is 6. The molecule has 0 amide bonds. The van der Waals surface area contributed by atoms with Gasteiger partial charge in [-0.15, -0.1) is 0 Å². The number of rotatable bonds is 13. The summed E-state index contributed by atoms with van der Waals surface area (Å²) in [6, 6.07) is 0. The van der Waals surface area contributed by atoms with Crippen LogP contribution in [0.5, 0.6) is 0 Å². The lowest BCUT2D eigenvalue weighted by Gasteiger charge is -2.06. The predicted molar refractivity (Wildman–Crippen MR) is 101 cm³/mol. The molecule has 1 rings (SSSR count). The molecule has 8 nitrogen and oxygen atoms in total. The normalized spacial score (nSPS) is 11.0. The van der Waals surface area contributed by atoms with Gasteiger partial charge in [0.2, 0.25) is 10.4 Å². The third kappa shape index (κ3) is 16.4. The average Bonchev–Trinajstić information content (AvgIpc) is 2.99. The fraction of sp³-hybridized carbons (Fsp3) is 0.778. The van der Waals surface area contributed by atoms with E-state index in [0.29, 0.717) is 19.4 Å². The number of hydrogen-bond donors (Lipinski definition) is 1. The van der Waals surface area contributed by atoms with Crippen molar-refractivity contribution in [3.05, 3.63) is 18.2 Å². The van der Waals surface area contributed by atoms with Crippen LogP contribution >= 0.6 is 0 Å². The molecule has 0 saturated carbocycles. The third-order valence-corrected chi connectivity index (χ3v) is 4.23. The summed E-state index contributed by atoms with van der Waals surface area (Å²) in [5.74, 6) is 0.697. The number of carbonyl (C=O) groups excluding carboxylic acids is 1. The molecule has 1 heterocycles. The first-order valence-corrected chi connectivity index (χ1v) is 10.9. The van der Waals surface area contributed by atoms with Crippen molar-refractivity contribution >= 4 is 16.4 Å². The zero-order chi connectivity index (χ0) is 20.5. The second-order valence-corrected chi connectivity index (χ2v) is 7.32. The Morgan fingerprint density at radius 3 is 2.26 bits per heavy atom. The molecule has 0 fully saturated rings. The lowest BCUT2D eigenvalue weighted by Crippen LogP contribution is -2.32. The van der Waals surface area contributed by atoms with Crippen LogP contribution in [0.15, 0.2) is 12.4 Å². The first-order valence-electron chi connectivity index (χ1n) is 9.57. The number of nitrogens with zero attached hydrogens (tertiary/aromatic N) is 1. The Morgan fingerprint density at radius 2 is 1.70 bits per heavy atom. The molecule has 158 valence electrons. The molecule has 0 atom stereocenters. The molecule has 0 aliphatic rings. The van der Waals surface area contributed by atoms with Gasteiger partial charge in [0.25, 0.3) is 5.82 Å². The average molecular weight is 407 g/mol. The predicted octanol–water partition coefficient (Wildman–Crippen LogP) is 2.55. The molecule has 1 aromatic rings. The second kappa shape index (κ2) is 15.6. The monoisotopic (exact) mass is 406 g/mol. The summed E-state index contributed by atoms with van der Waals surface area (Å²) in [4.78, 5) is 14.3. The van der Waals surface area contributed by atoms with Crippen molar-refractivity contribution in [1.29, 1.82) is 0 Å². The molecule has 27 heavy (non-hydrogen) atoms. The number of H-pyrrole nitrogens is 1. The number of aryl methyl sites for hydroxylation is 1. The number of unbranched alkanes of at least 4 members (excludes halogenated alkanes) is 6. The molecular weight excluding hydrogens is 372 g/mol. The van der Waals surface area contributed by atoms with Gasteiger partial charge in [-0.05, 0) is 12.8 Å². The summed E-state index contributed by atoms with van der Waals surface area (Å²) in [5.41, 5.74) is 0. The van der Waals surface area contributed by atoms with E-state index in [1.807, 2.05) is 17.8 Å². The van der Waals surface area contributed by atoms with Gasteiger partial charge < -0.3 is 9.29 Å². The maximum Gasteiger partial charge on any atom is 0.318 e. The van der Waals surface area contributed by atoms with E-state index >= 15 is 0 Å². The van der Waals surface area contributed by atoms with E-state index in [9.17, 15) is 17.8 Å². The summed E-state index contributed by atoms with van der Waals surface area (Å²) in [6.45, 7) is 4.75. The topological polar surface area (TPSA) is 112 Å². The summed E-state index contributed by atoms with van der Waals surface area (Å²) in [5, 5.41) is 0. The zero-order valence-electron chi connectivity index (χ0n) is 16.7. The molecule has 0 radical (unpaired) electrons. The van der Waals surface area contributed by atoms with Gasteiger partial charge in [0, 0.05) is 0 Å². The molecule has 0 aliphatic carbocycles. The van der Waals surface area contributed by atoms with Crippen molar-refractivity contribution in [3.8, 4) is 0 Å². The van der Waals surface area contributed by atoms with Gasteiger partial charge in [-0.1, -0.05) is 52.4 Å². The Hall–Kier alpha value is -1.45. The zero-order valence-corrected chi connectivity index (χ0v) is 17.6. The fourth-order valence-electron chi connectivity index (χ4n) is 2.17. The fourth-order valence-corrected chi connectivity index (χ4v) is 2.50. The molecule has 9 heteroatoms. The van der Waals surface area contributed by atoms with E-state index in [4.69, 9.17) is 4.74 Å². The first-order chi connectivity index (χ1) is 12.8. The largest absolute Gasteiger partial charge is 0.726 e. The van der Waals surface area contributed by atoms with E-state index in [-0.39, 0.29) is 12.6 Å².